The summed E-state index contributed by atoms with van der Waals surface area (Å²) in [7, 11) is 5.05. The number of rotatable bonds is 7. The number of pyridine rings is 1. The zero-order chi connectivity index (χ0) is 40.9. The summed E-state index contributed by atoms with van der Waals surface area (Å²) in [6, 6.07) is 8.72. The third kappa shape index (κ3) is 9.61. The number of esters is 1. The Labute approximate surface area is 333 Å². The number of nitrogens with one attached hydrogen (secondary N) is 1. The van der Waals surface area contributed by atoms with E-state index in [1.165, 1.54) is 25.4 Å². The number of Topliss-reactive ketones (excluding diaryl/α,β-unsaturated/α-hetero) is 1. The van der Waals surface area contributed by atoms with Crippen LogP contribution < -0.4 is 5.32 Å². The first kappa shape index (κ1) is 43.2. The van der Waals surface area contributed by atoms with Gasteiger partial charge in [0.05, 0.1) is 39.3 Å². The van der Waals surface area contributed by atoms with Gasteiger partial charge in [-0.2, -0.15) is 0 Å². The zero-order valence-corrected chi connectivity index (χ0v) is 34.8. The molecule has 14 nitrogen and oxygen atoms in total. The number of alkyl carbamates (subject to hydrolysis) is 1. The Bertz CT molecular complexity index is 1790. The summed E-state index contributed by atoms with van der Waals surface area (Å²) in [5, 5.41) is 18.4. The number of cyclic esters (lactones) is 1. The number of hydrogen-bond acceptors (Lipinski definition) is 14. The van der Waals surface area contributed by atoms with Crippen LogP contribution in [0.3, 0.4) is 0 Å². The van der Waals surface area contributed by atoms with Crippen molar-refractivity contribution in [2.45, 2.75) is 116 Å². The SMILES string of the molecule is CON=C1OC(=O)C(C)C(=O)C(C)C(O[C@@H]2O[C@H](C)C[C@H](N(C)C)[C@H]2O)C(C)(OCC#Cc2ccc(-c3ccccn3)s2)CC(C)CC(C)C2NC(=O)OC12C. The summed E-state index contributed by atoms with van der Waals surface area (Å²) in [5.74, 6) is 2.06. The van der Waals surface area contributed by atoms with Gasteiger partial charge in [0.2, 0.25) is 5.60 Å². The first-order valence-corrected chi connectivity index (χ1v) is 19.9. The Balaban J connectivity index is 1.53. The van der Waals surface area contributed by atoms with E-state index >= 15 is 0 Å². The van der Waals surface area contributed by atoms with Crippen LogP contribution in [0, 0.1) is 35.5 Å². The maximum absolute atomic E-state index is 14.4. The molecule has 0 bridgehead atoms. The average molecular weight is 797 g/mol. The van der Waals surface area contributed by atoms with Crippen molar-refractivity contribution >= 4 is 35.1 Å². The summed E-state index contributed by atoms with van der Waals surface area (Å²) >= 11 is 1.52. The second-order valence-electron chi connectivity index (χ2n) is 16.0. The number of hydrogen-bond donors (Lipinski definition) is 2. The quantitative estimate of drug-likeness (QED) is 0.166. The Morgan fingerprint density at radius 1 is 1.09 bits per heavy atom. The van der Waals surface area contributed by atoms with E-state index in [9.17, 15) is 19.5 Å². The minimum atomic E-state index is -1.52. The molecular formula is C41H56N4O10S. The summed E-state index contributed by atoms with van der Waals surface area (Å²) < 4.78 is 31.2. The topological polar surface area (TPSA) is 167 Å². The van der Waals surface area contributed by atoms with Gasteiger partial charge < -0.3 is 43.8 Å². The van der Waals surface area contributed by atoms with Gasteiger partial charge in [0.15, 0.2) is 12.1 Å². The fourth-order valence-corrected chi connectivity index (χ4v) is 9.18. The van der Waals surface area contributed by atoms with E-state index < -0.39 is 65.4 Å². The van der Waals surface area contributed by atoms with E-state index in [0.717, 1.165) is 15.4 Å². The van der Waals surface area contributed by atoms with E-state index in [1.807, 2.05) is 70.1 Å². The normalized spacial score (nSPS) is 36.4. The molecule has 2 N–H and O–H groups in total. The molecule has 0 aromatic carbocycles. The number of carbonyl (C=O) groups excluding carboxylic acids is 3. The van der Waals surface area contributed by atoms with Gasteiger partial charge in [-0.05, 0) is 102 Å². The van der Waals surface area contributed by atoms with Crippen molar-refractivity contribution in [3.8, 4) is 22.4 Å². The van der Waals surface area contributed by atoms with Crippen molar-refractivity contribution in [1.82, 2.24) is 15.2 Å². The molecule has 1 amide bonds. The van der Waals surface area contributed by atoms with Crippen LogP contribution in [0.5, 0.6) is 0 Å². The van der Waals surface area contributed by atoms with Gasteiger partial charge in [-0.1, -0.05) is 38.7 Å². The largest absolute Gasteiger partial charge is 0.431 e. The molecule has 15 heteroatoms. The summed E-state index contributed by atoms with van der Waals surface area (Å²) in [5.41, 5.74) is -1.86. The molecule has 0 saturated carbocycles. The number of likely N-dealkylation sites (N-methyl/N-ethyl adjacent to an activating group) is 1. The number of carbonyl (C=O) groups is 3. The van der Waals surface area contributed by atoms with Crippen LogP contribution >= 0.6 is 11.3 Å². The lowest BCUT2D eigenvalue weighted by Gasteiger charge is -2.47. The van der Waals surface area contributed by atoms with Crippen molar-refractivity contribution in [2.75, 3.05) is 27.8 Å². The molecule has 3 aliphatic rings. The number of aliphatic hydroxyl groups is 1. The highest BCUT2D eigenvalue weighted by Gasteiger charge is 2.56. The molecule has 0 spiro atoms. The Hall–Kier alpha value is -3.91. The summed E-state index contributed by atoms with van der Waals surface area (Å²) in [4.78, 5) is 54.2. The van der Waals surface area contributed by atoms with E-state index in [1.54, 1.807) is 20.0 Å². The molecule has 8 unspecified atom stereocenters. The van der Waals surface area contributed by atoms with Crippen LogP contribution in [0.25, 0.3) is 10.6 Å². The highest BCUT2D eigenvalue weighted by Crippen LogP contribution is 2.40. The van der Waals surface area contributed by atoms with Crippen LogP contribution in [0.15, 0.2) is 41.7 Å². The molecule has 0 radical (unpaired) electrons. The molecule has 56 heavy (non-hydrogen) atoms. The number of fused-ring (bicyclic) bond motifs is 1. The third-order valence-electron chi connectivity index (χ3n) is 11.1. The predicted octanol–water partition coefficient (Wildman–Crippen LogP) is 5.03. The van der Waals surface area contributed by atoms with Crippen molar-refractivity contribution < 1.29 is 48.0 Å². The van der Waals surface area contributed by atoms with Crippen LogP contribution in [0.2, 0.25) is 0 Å². The van der Waals surface area contributed by atoms with Gasteiger partial charge in [0.1, 0.15) is 25.7 Å². The Morgan fingerprint density at radius 2 is 1.84 bits per heavy atom. The van der Waals surface area contributed by atoms with Gasteiger partial charge in [-0.15, -0.1) is 11.3 Å². The second-order valence-corrected chi connectivity index (χ2v) is 17.0. The lowest BCUT2D eigenvalue weighted by Crippen LogP contribution is -2.59. The number of ketones is 1. The molecule has 3 fully saturated rings. The summed E-state index contributed by atoms with van der Waals surface area (Å²) in [6.07, 6.45) is -0.909. The van der Waals surface area contributed by atoms with Gasteiger partial charge in [0, 0.05) is 18.2 Å². The lowest BCUT2D eigenvalue weighted by atomic mass is 9.75. The first-order chi connectivity index (χ1) is 26.5. The van der Waals surface area contributed by atoms with Crippen LogP contribution in [0.4, 0.5) is 4.79 Å². The number of nitrogens with zero attached hydrogens (tertiary/aromatic N) is 3. The van der Waals surface area contributed by atoms with Crippen LogP contribution in [0.1, 0.15) is 72.6 Å². The number of oxime groups is 1. The number of aromatic nitrogens is 1. The minimum Gasteiger partial charge on any atom is -0.431 e. The Kier molecular flexibility index (Phi) is 14.0. The summed E-state index contributed by atoms with van der Waals surface area (Å²) in [6.45, 7) is 12.5. The van der Waals surface area contributed by atoms with Gasteiger partial charge in [-0.3, -0.25) is 14.6 Å². The molecule has 5 heterocycles. The number of ether oxygens (including phenoxy) is 5. The number of amides is 1. The number of aliphatic hydroxyl groups excluding tert-OH is 1. The molecule has 2 aromatic heterocycles. The molecule has 12 atom stereocenters. The molecule has 3 aliphatic heterocycles. The molecule has 5 rings (SSSR count). The fourth-order valence-electron chi connectivity index (χ4n) is 8.32. The fraction of sp³-hybridized carbons (Fsp3) is 0.634. The van der Waals surface area contributed by atoms with Crippen molar-refractivity contribution in [3.63, 3.8) is 0 Å². The smallest absolute Gasteiger partial charge is 0.408 e. The van der Waals surface area contributed by atoms with Crippen LogP contribution in [-0.4, -0.2) is 114 Å². The molecule has 0 aliphatic carbocycles. The average Bonchev–Trinajstić information content (AvgIpc) is 3.76. The second kappa shape index (κ2) is 18.1. The van der Waals surface area contributed by atoms with Gasteiger partial charge in [0.25, 0.3) is 5.90 Å². The highest BCUT2D eigenvalue weighted by atomic mass is 32.1. The van der Waals surface area contributed by atoms with E-state index in [4.69, 9.17) is 28.5 Å². The standard InChI is InChI=1S/C41H56N4O10S/c1-23-20-24(2)34-41(7,55-39(49)43-34)38(44-50-10)54-36(48)27(5)32(46)26(4)35(53-37-33(47)30(45(8)9)21-25(3)52-37)40(6,22-23)51-19-13-14-28-16-17-31(56-28)29-15-11-12-18-42-29/h11-12,15-18,23-27,30,33-35,37,47H,19-22H2,1-10H3,(H,43,49)/t23?,24?,25-,26?,27?,30+,33-,34?,35?,37+,40?,41?/m1/s1. The van der Waals surface area contributed by atoms with Crippen molar-refractivity contribution in [3.05, 3.63) is 41.4 Å². The van der Waals surface area contributed by atoms with Gasteiger partial charge >= 0.3 is 12.1 Å². The maximum atomic E-state index is 14.4. The maximum Gasteiger partial charge on any atom is 0.408 e. The third-order valence-corrected chi connectivity index (χ3v) is 12.1. The Morgan fingerprint density at radius 3 is 2.52 bits per heavy atom. The zero-order valence-electron chi connectivity index (χ0n) is 33.9. The van der Waals surface area contributed by atoms with E-state index in [0.29, 0.717) is 19.3 Å². The first-order valence-electron chi connectivity index (χ1n) is 19.1. The molecule has 3 saturated heterocycles. The molecular weight excluding hydrogens is 741 g/mol. The van der Waals surface area contributed by atoms with Crippen molar-refractivity contribution in [1.29, 1.82) is 0 Å². The monoisotopic (exact) mass is 796 g/mol. The lowest BCUT2D eigenvalue weighted by molar-refractivity contribution is -0.296. The predicted molar refractivity (Wildman–Crippen MR) is 209 cm³/mol. The number of thiophene rings is 1. The highest BCUT2D eigenvalue weighted by molar-refractivity contribution is 7.16. The van der Waals surface area contributed by atoms with Crippen LogP contribution in [-0.2, 0) is 38.1 Å². The molecule has 2 aromatic rings. The van der Waals surface area contributed by atoms with Crippen molar-refractivity contribution in [2.24, 2.45) is 28.8 Å². The van der Waals surface area contributed by atoms with E-state index in [-0.39, 0.29) is 36.5 Å². The molecule has 306 valence electrons. The van der Waals surface area contributed by atoms with Gasteiger partial charge in [-0.25, -0.2) is 4.79 Å². The minimum absolute atomic E-state index is 0.0137. The van der Waals surface area contributed by atoms with E-state index in [2.05, 4.69) is 34.2 Å².